The molecule has 7 heteroatoms. The number of aromatic nitrogens is 4. The van der Waals surface area contributed by atoms with E-state index in [2.05, 4.69) is 57.5 Å². The number of halogens is 1. The van der Waals surface area contributed by atoms with E-state index in [1.165, 1.54) is 16.4 Å². The van der Waals surface area contributed by atoms with Crippen LogP contribution < -0.4 is 10.5 Å². The van der Waals surface area contributed by atoms with Gasteiger partial charge in [-0.25, -0.2) is 24.1 Å². The zero-order chi connectivity index (χ0) is 21.7. The van der Waals surface area contributed by atoms with E-state index in [4.69, 9.17) is 16.8 Å². The minimum atomic E-state index is -0.263. The van der Waals surface area contributed by atoms with E-state index >= 15 is 0 Å². The molecule has 3 aromatic heterocycles. The van der Waals surface area contributed by atoms with Crippen LogP contribution in [0, 0.1) is 0 Å². The van der Waals surface area contributed by atoms with Gasteiger partial charge in [0.05, 0.1) is 16.7 Å². The molecule has 2 aromatic carbocycles. The van der Waals surface area contributed by atoms with Crippen molar-refractivity contribution in [1.82, 2.24) is 24.4 Å². The molecule has 0 aliphatic heterocycles. The van der Waals surface area contributed by atoms with Crippen molar-refractivity contribution >= 4 is 28.3 Å². The maximum atomic E-state index is 12.0. The fourth-order valence-electron chi connectivity index (χ4n) is 4.58. The summed E-state index contributed by atoms with van der Waals surface area (Å²) in [4.78, 5) is 20.0. The predicted molar refractivity (Wildman–Crippen MR) is 127 cm³/mol. The Labute approximate surface area is 189 Å². The summed E-state index contributed by atoms with van der Waals surface area (Å²) in [5.74, 6) is 0. The summed E-state index contributed by atoms with van der Waals surface area (Å²) in [5.41, 5.74) is 6.12. The second-order valence-electron chi connectivity index (χ2n) is 8.33. The van der Waals surface area contributed by atoms with Crippen molar-refractivity contribution in [3.63, 3.8) is 0 Å². The van der Waals surface area contributed by atoms with Gasteiger partial charge in [0.25, 0.3) is 0 Å². The second-order valence-corrected chi connectivity index (χ2v) is 8.52. The van der Waals surface area contributed by atoms with Crippen molar-refractivity contribution < 1.29 is 0 Å². The van der Waals surface area contributed by atoms with Crippen molar-refractivity contribution in [3.8, 4) is 22.4 Å². The van der Waals surface area contributed by atoms with Crippen LogP contribution in [0.25, 0.3) is 38.9 Å². The van der Waals surface area contributed by atoms with E-state index in [0.29, 0.717) is 5.65 Å². The summed E-state index contributed by atoms with van der Waals surface area (Å²) in [5, 5.41) is 7.56. The van der Waals surface area contributed by atoms with E-state index < -0.39 is 0 Å². The summed E-state index contributed by atoms with van der Waals surface area (Å²) >= 11 is 6.08. The van der Waals surface area contributed by atoms with Gasteiger partial charge in [-0.15, -0.1) is 0 Å². The lowest BCUT2D eigenvalue weighted by atomic mass is 9.72. The van der Waals surface area contributed by atoms with E-state index in [9.17, 15) is 4.79 Å². The zero-order valence-electron chi connectivity index (χ0n) is 17.2. The Morgan fingerprint density at radius 1 is 1.00 bits per heavy atom. The number of nitrogens with one attached hydrogen (secondary N) is 2. The molecular weight excluding hydrogens is 422 g/mol. The fourth-order valence-corrected chi connectivity index (χ4v) is 4.88. The van der Waals surface area contributed by atoms with Crippen LogP contribution in [0.3, 0.4) is 0 Å². The van der Waals surface area contributed by atoms with E-state index in [1.807, 2.05) is 24.3 Å². The van der Waals surface area contributed by atoms with Gasteiger partial charge in [-0.1, -0.05) is 54.6 Å². The van der Waals surface area contributed by atoms with Crippen LogP contribution in [0.15, 0.2) is 77.7 Å². The lowest BCUT2D eigenvalue weighted by molar-refractivity contribution is 0.227. The average Bonchev–Trinajstić information content (AvgIpc) is 3.20. The number of benzene rings is 2. The molecule has 32 heavy (non-hydrogen) atoms. The van der Waals surface area contributed by atoms with Gasteiger partial charge in [-0.05, 0) is 54.3 Å². The highest BCUT2D eigenvalue weighted by Gasteiger charge is 2.37. The van der Waals surface area contributed by atoms with Gasteiger partial charge < -0.3 is 0 Å². The largest absolute Gasteiger partial charge is 0.347 e. The van der Waals surface area contributed by atoms with Crippen LogP contribution in [0.4, 0.5) is 0 Å². The number of hydrogen-bond donors (Lipinski definition) is 2. The molecule has 5 aromatic rings. The molecule has 3 heterocycles. The van der Waals surface area contributed by atoms with Gasteiger partial charge in [0, 0.05) is 22.7 Å². The third kappa shape index (κ3) is 2.87. The number of pyridine rings is 2. The van der Waals surface area contributed by atoms with Crippen molar-refractivity contribution in [2.45, 2.75) is 24.8 Å². The lowest BCUT2D eigenvalue weighted by Gasteiger charge is -2.41. The molecule has 0 radical (unpaired) electrons. The molecule has 1 aliphatic rings. The molecule has 1 fully saturated rings. The van der Waals surface area contributed by atoms with Gasteiger partial charge in [0.2, 0.25) is 0 Å². The number of H-pyrrole nitrogens is 1. The standard InChI is InChI=1S/C25H20ClN5O/c26-30-25(12-4-13-25)18-9-7-17(8-10-18)22-19(16-5-2-1-3-6-16)15-20-21(27-22)11-14-31-23(20)28-29-24(31)32/h1-3,5-11,14-15,30H,4,12-13H2,(H,29,32). The third-order valence-electron chi connectivity index (χ3n) is 6.56. The Hall–Kier alpha value is -3.48. The number of rotatable bonds is 4. The quantitative estimate of drug-likeness (QED) is 0.384. The maximum Gasteiger partial charge on any atom is 0.347 e. The Morgan fingerprint density at radius 3 is 2.47 bits per heavy atom. The van der Waals surface area contributed by atoms with E-state index in [0.717, 1.165) is 46.1 Å². The molecule has 0 spiro atoms. The molecular formula is C25H20ClN5O. The van der Waals surface area contributed by atoms with Gasteiger partial charge >= 0.3 is 5.69 Å². The first kappa shape index (κ1) is 19.2. The van der Waals surface area contributed by atoms with Crippen LogP contribution in [-0.4, -0.2) is 19.6 Å². The smallest absolute Gasteiger partial charge is 0.250 e. The molecule has 1 saturated carbocycles. The number of nitrogens with zero attached hydrogens (tertiary/aromatic N) is 3. The normalized spacial score (nSPS) is 15.2. The number of hydrogen-bond acceptors (Lipinski definition) is 4. The Kier molecular flexibility index (Phi) is 4.38. The first-order valence-electron chi connectivity index (χ1n) is 10.6. The van der Waals surface area contributed by atoms with Crippen molar-refractivity contribution in [2.75, 3.05) is 0 Å². The Bertz CT molecular complexity index is 1500. The number of fused-ring (bicyclic) bond motifs is 3. The number of aromatic amines is 1. The monoisotopic (exact) mass is 441 g/mol. The molecule has 6 rings (SSSR count). The summed E-state index contributed by atoms with van der Waals surface area (Å²) in [6.45, 7) is 0. The van der Waals surface area contributed by atoms with Crippen LogP contribution in [0.1, 0.15) is 24.8 Å². The Morgan fingerprint density at radius 2 is 1.78 bits per heavy atom. The molecule has 158 valence electrons. The molecule has 0 saturated heterocycles. The summed E-state index contributed by atoms with van der Waals surface area (Å²) in [6.07, 6.45) is 4.96. The van der Waals surface area contributed by atoms with Gasteiger partial charge in [-0.2, -0.15) is 5.10 Å². The maximum absolute atomic E-state index is 12.0. The highest BCUT2D eigenvalue weighted by molar-refractivity contribution is 6.14. The first-order valence-corrected chi connectivity index (χ1v) is 11.0. The minimum absolute atomic E-state index is 0.127. The summed E-state index contributed by atoms with van der Waals surface area (Å²) in [6, 6.07) is 22.6. The van der Waals surface area contributed by atoms with Gasteiger partial charge in [0.1, 0.15) is 0 Å². The molecule has 6 nitrogen and oxygen atoms in total. The molecule has 0 atom stereocenters. The van der Waals surface area contributed by atoms with Gasteiger partial charge in [0.15, 0.2) is 5.65 Å². The first-order chi connectivity index (χ1) is 15.7. The molecule has 2 N–H and O–H groups in total. The topological polar surface area (TPSA) is 75.1 Å². The Balaban J connectivity index is 1.57. The van der Waals surface area contributed by atoms with Crippen LogP contribution in [0.2, 0.25) is 0 Å². The highest BCUT2D eigenvalue weighted by Crippen LogP contribution is 2.42. The fraction of sp³-hybridized carbons (Fsp3) is 0.160. The molecule has 0 amide bonds. The van der Waals surface area contributed by atoms with E-state index in [1.54, 1.807) is 6.20 Å². The molecule has 1 aliphatic carbocycles. The summed E-state index contributed by atoms with van der Waals surface area (Å²) < 4.78 is 1.50. The molecule has 0 unspecified atom stereocenters. The van der Waals surface area contributed by atoms with E-state index in [-0.39, 0.29) is 11.2 Å². The SMILES string of the molecule is O=c1[nH]nc2c3cc(-c4ccccc4)c(-c4ccc(C5(NCl)CCC5)cc4)nc3ccn12. The van der Waals surface area contributed by atoms with Crippen molar-refractivity contribution in [2.24, 2.45) is 0 Å². The van der Waals surface area contributed by atoms with Crippen LogP contribution in [-0.2, 0) is 5.54 Å². The van der Waals surface area contributed by atoms with Gasteiger partial charge in [-0.3, -0.25) is 0 Å². The summed E-state index contributed by atoms with van der Waals surface area (Å²) in [7, 11) is 0. The average molecular weight is 442 g/mol. The second kappa shape index (κ2) is 7.29. The molecule has 0 bridgehead atoms. The lowest BCUT2D eigenvalue weighted by Crippen LogP contribution is -2.43. The highest BCUT2D eigenvalue weighted by atomic mass is 35.5. The zero-order valence-corrected chi connectivity index (χ0v) is 17.9. The van der Waals surface area contributed by atoms with Crippen molar-refractivity contribution in [1.29, 1.82) is 0 Å². The van der Waals surface area contributed by atoms with Crippen LogP contribution in [0.5, 0.6) is 0 Å². The van der Waals surface area contributed by atoms with Crippen LogP contribution >= 0.6 is 11.8 Å². The minimum Gasteiger partial charge on any atom is -0.250 e. The third-order valence-corrected chi connectivity index (χ3v) is 6.92. The van der Waals surface area contributed by atoms with Crippen molar-refractivity contribution in [3.05, 3.63) is 89.0 Å². The predicted octanol–water partition coefficient (Wildman–Crippen LogP) is 5.03.